The molecular weight excluding hydrogens is 233 g/mol. The van der Waals surface area contributed by atoms with E-state index in [0.29, 0.717) is 18.9 Å². The van der Waals surface area contributed by atoms with Gasteiger partial charge in [-0.1, -0.05) is 12.1 Å². The highest BCUT2D eigenvalue weighted by Crippen LogP contribution is 2.41. The van der Waals surface area contributed by atoms with Crippen LogP contribution in [0.4, 0.5) is 4.39 Å². The van der Waals surface area contributed by atoms with Crippen LogP contribution in [0.1, 0.15) is 30.9 Å². The summed E-state index contributed by atoms with van der Waals surface area (Å²) in [5, 5.41) is 3.01. The molecule has 0 radical (unpaired) electrons. The third-order valence-electron chi connectivity index (χ3n) is 3.17. The minimum atomic E-state index is -0.251. The van der Waals surface area contributed by atoms with Gasteiger partial charge in [0, 0.05) is 13.5 Å². The van der Waals surface area contributed by atoms with Crippen LogP contribution in [0.5, 0.6) is 0 Å². The maximum atomic E-state index is 12.9. The van der Waals surface area contributed by atoms with Crippen molar-refractivity contribution in [2.45, 2.75) is 25.3 Å². The average molecular weight is 251 g/mol. The number of amides is 1. The lowest BCUT2D eigenvalue weighted by Crippen LogP contribution is -2.30. The molecule has 1 amide bonds. The van der Waals surface area contributed by atoms with E-state index in [-0.39, 0.29) is 17.8 Å². The first kappa shape index (κ1) is 13.0. The topological polar surface area (TPSA) is 38.3 Å². The lowest BCUT2D eigenvalue weighted by Gasteiger charge is -2.18. The number of rotatable bonds is 6. The summed E-state index contributed by atoms with van der Waals surface area (Å²) in [5.41, 5.74) is 0.977. The summed E-state index contributed by atoms with van der Waals surface area (Å²) in [4.78, 5) is 11.7. The minimum Gasteiger partial charge on any atom is -0.384 e. The number of halogens is 1. The molecule has 18 heavy (non-hydrogen) atoms. The summed E-state index contributed by atoms with van der Waals surface area (Å²) < 4.78 is 17.8. The third-order valence-corrected chi connectivity index (χ3v) is 3.17. The summed E-state index contributed by atoms with van der Waals surface area (Å²) in [6.07, 6.45) is 2.60. The Kier molecular flexibility index (Phi) is 4.31. The molecule has 0 heterocycles. The van der Waals surface area contributed by atoms with Gasteiger partial charge in [-0.25, -0.2) is 4.39 Å². The van der Waals surface area contributed by atoms with Gasteiger partial charge in [0.05, 0.1) is 12.6 Å². The van der Waals surface area contributed by atoms with Crippen LogP contribution in [0, 0.1) is 11.7 Å². The Morgan fingerprint density at radius 2 is 2.11 bits per heavy atom. The van der Waals surface area contributed by atoms with E-state index in [0.717, 1.165) is 18.4 Å². The van der Waals surface area contributed by atoms with Gasteiger partial charge in [-0.2, -0.15) is 0 Å². The van der Waals surface area contributed by atoms with E-state index in [4.69, 9.17) is 4.74 Å². The fourth-order valence-electron chi connectivity index (χ4n) is 2.01. The van der Waals surface area contributed by atoms with E-state index in [1.165, 1.54) is 12.1 Å². The zero-order valence-corrected chi connectivity index (χ0v) is 10.5. The second-order valence-corrected chi connectivity index (χ2v) is 4.68. The number of carbonyl (C=O) groups excluding carboxylic acids is 1. The molecule has 1 aromatic rings. The summed E-state index contributed by atoms with van der Waals surface area (Å²) >= 11 is 0. The predicted molar refractivity (Wildman–Crippen MR) is 66.5 cm³/mol. The molecule has 1 fully saturated rings. The molecule has 0 spiro atoms. The Morgan fingerprint density at radius 1 is 1.44 bits per heavy atom. The summed E-state index contributed by atoms with van der Waals surface area (Å²) in [5.74, 6) is 0.221. The predicted octanol–water partition coefficient (Wildman–Crippen LogP) is 2.43. The molecule has 0 saturated heterocycles. The first-order valence-corrected chi connectivity index (χ1v) is 6.24. The van der Waals surface area contributed by atoms with Gasteiger partial charge in [0.1, 0.15) is 5.82 Å². The number of nitrogens with one attached hydrogen (secondary N) is 1. The first-order valence-electron chi connectivity index (χ1n) is 6.24. The Bertz CT molecular complexity index is 401. The maximum absolute atomic E-state index is 12.9. The van der Waals surface area contributed by atoms with Gasteiger partial charge in [-0.05, 0) is 36.5 Å². The SMILES string of the molecule is COCCC(=O)NC(c1ccc(F)cc1)C1CC1. The molecule has 0 aliphatic heterocycles. The van der Waals surface area contributed by atoms with Crippen LogP contribution in [0.15, 0.2) is 24.3 Å². The first-order chi connectivity index (χ1) is 8.70. The third kappa shape index (κ3) is 3.53. The molecule has 1 N–H and O–H groups in total. The van der Waals surface area contributed by atoms with E-state index >= 15 is 0 Å². The van der Waals surface area contributed by atoms with Crippen molar-refractivity contribution in [2.24, 2.45) is 5.92 Å². The molecule has 4 heteroatoms. The van der Waals surface area contributed by atoms with Crippen molar-refractivity contribution in [2.75, 3.05) is 13.7 Å². The number of hydrogen-bond acceptors (Lipinski definition) is 2. The smallest absolute Gasteiger partial charge is 0.222 e. The van der Waals surface area contributed by atoms with Gasteiger partial charge in [-0.3, -0.25) is 4.79 Å². The van der Waals surface area contributed by atoms with E-state index in [1.54, 1.807) is 19.2 Å². The molecule has 2 rings (SSSR count). The second-order valence-electron chi connectivity index (χ2n) is 4.68. The van der Waals surface area contributed by atoms with E-state index < -0.39 is 0 Å². The van der Waals surface area contributed by atoms with E-state index in [2.05, 4.69) is 5.32 Å². The molecular formula is C14H18FNO2. The fraction of sp³-hybridized carbons (Fsp3) is 0.500. The molecule has 1 saturated carbocycles. The zero-order valence-electron chi connectivity index (χ0n) is 10.5. The van der Waals surface area contributed by atoms with Crippen LogP contribution in [-0.4, -0.2) is 19.6 Å². The number of carbonyl (C=O) groups is 1. The molecule has 3 nitrogen and oxygen atoms in total. The standard InChI is InChI=1S/C14H18FNO2/c1-18-9-8-13(17)16-14(10-2-3-10)11-4-6-12(15)7-5-11/h4-7,10,14H,2-3,8-9H2,1H3,(H,16,17). The van der Waals surface area contributed by atoms with Crippen molar-refractivity contribution in [3.8, 4) is 0 Å². The Balaban J connectivity index is 2.00. The van der Waals surface area contributed by atoms with E-state index in [1.807, 2.05) is 0 Å². The quantitative estimate of drug-likeness (QED) is 0.843. The van der Waals surface area contributed by atoms with Crippen molar-refractivity contribution in [3.05, 3.63) is 35.6 Å². The highest BCUT2D eigenvalue weighted by molar-refractivity contribution is 5.76. The largest absolute Gasteiger partial charge is 0.384 e. The van der Waals surface area contributed by atoms with Crippen molar-refractivity contribution in [1.82, 2.24) is 5.32 Å². The molecule has 1 unspecified atom stereocenters. The fourth-order valence-corrected chi connectivity index (χ4v) is 2.01. The second kappa shape index (κ2) is 5.96. The molecule has 1 atom stereocenters. The molecule has 1 aromatic carbocycles. The normalized spacial score (nSPS) is 16.3. The van der Waals surface area contributed by atoms with Crippen LogP contribution >= 0.6 is 0 Å². The van der Waals surface area contributed by atoms with Crippen molar-refractivity contribution in [3.63, 3.8) is 0 Å². The summed E-state index contributed by atoms with van der Waals surface area (Å²) in [7, 11) is 1.58. The Morgan fingerprint density at radius 3 is 2.67 bits per heavy atom. The highest BCUT2D eigenvalue weighted by Gasteiger charge is 2.33. The van der Waals surface area contributed by atoms with Crippen LogP contribution in [0.2, 0.25) is 0 Å². The molecule has 98 valence electrons. The molecule has 1 aliphatic rings. The summed E-state index contributed by atoms with van der Waals surface area (Å²) in [6.45, 7) is 0.423. The van der Waals surface area contributed by atoms with Crippen LogP contribution in [0.3, 0.4) is 0 Å². The maximum Gasteiger partial charge on any atom is 0.222 e. The van der Waals surface area contributed by atoms with Crippen LogP contribution < -0.4 is 5.32 Å². The van der Waals surface area contributed by atoms with Crippen molar-refractivity contribution >= 4 is 5.91 Å². The molecule has 1 aliphatic carbocycles. The molecule has 0 aromatic heterocycles. The van der Waals surface area contributed by atoms with Gasteiger partial charge in [-0.15, -0.1) is 0 Å². The van der Waals surface area contributed by atoms with Crippen LogP contribution in [-0.2, 0) is 9.53 Å². The summed E-state index contributed by atoms with van der Waals surface area (Å²) in [6, 6.07) is 6.37. The highest BCUT2D eigenvalue weighted by atomic mass is 19.1. The van der Waals surface area contributed by atoms with Crippen LogP contribution in [0.25, 0.3) is 0 Å². The van der Waals surface area contributed by atoms with Gasteiger partial charge >= 0.3 is 0 Å². The van der Waals surface area contributed by atoms with Gasteiger partial charge in [0.15, 0.2) is 0 Å². The van der Waals surface area contributed by atoms with Gasteiger partial charge < -0.3 is 10.1 Å². The monoisotopic (exact) mass is 251 g/mol. The number of benzene rings is 1. The number of ether oxygens (including phenoxy) is 1. The van der Waals surface area contributed by atoms with Gasteiger partial charge in [0.25, 0.3) is 0 Å². The van der Waals surface area contributed by atoms with Crippen molar-refractivity contribution < 1.29 is 13.9 Å². The lowest BCUT2D eigenvalue weighted by molar-refractivity contribution is -0.122. The number of hydrogen-bond donors (Lipinski definition) is 1. The molecule has 0 bridgehead atoms. The lowest BCUT2D eigenvalue weighted by atomic mass is 10.0. The minimum absolute atomic E-state index is 0.00922. The number of methoxy groups -OCH3 is 1. The average Bonchev–Trinajstić information content (AvgIpc) is 3.19. The zero-order chi connectivity index (χ0) is 13.0. The Hall–Kier alpha value is -1.42. The van der Waals surface area contributed by atoms with E-state index in [9.17, 15) is 9.18 Å². The van der Waals surface area contributed by atoms with Gasteiger partial charge in [0.2, 0.25) is 5.91 Å². The van der Waals surface area contributed by atoms with Crippen molar-refractivity contribution in [1.29, 1.82) is 0 Å². The Labute approximate surface area is 106 Å².